The minimum absolute atomic E-state index is 0.0186. The van der Waals surface area contributed by atoms with Crippen LogP contribution < -0.4 is 10.1 Å². The normalized spacial score (nSPS) is 14.9. The summed E-state index contributed by atoms with van der Waals surface area (Å²) in [4.78, 5) is 29.5. The van der Waals surface area contributed by atoms with Crippen molar-refractivity contribution in [3.05, 3.63) is 59.1 Å². The van der Waals surface area contributed by atoms with Crippen molar-refractivity contribution in [3.63, 3.8) is 0 Å². The number of ether oxygens (including phenoxy) is 1. The van der Waals surface area contributed by atoms with E-state index in [2.05, 4.69) is 5.32 Å². The number of nitrogens with zero attached hydrogens (tertiary/aromatic N) is 1. The van der Waals surface area contributed by atoms with Crippen LogP contribution in [-0.2, 0) is 16.1 Å². The molecule has 7 heteroatoms. The van der Waals surface area contributed by atoms with Gasteiger partial charge in [0.25, 0.3) is 0 Å². The van der Waals surface area contributed by atoms with E-state index in [-0.39, 0.29) is 17.9 Å². The van der Waals surface area contributed by atoms with Crippen molar-refractivity contribution in [1.29, 1.82) is 0 Å². The molecule has 0 heterocycles. The molecular formula is C27H35ClN2O3S. The molecule has 2 aromatic carbocycles. The van der Waals surface area contributed by atoms with E-state index in [4.69, 9.17) is 16.3 Å². The highest BCUT2D eigenvalue weighted by molar-refractivity contribution is 7.99. The van der Waals surface area contributed by atoms with Crippen LogP contribution in [0.15, 0.2) is 53.4 Å². The maximum absolute atomic E-state index is 13.4. The van der Waals surface area contributed by atoms with Gasteiger partial charge < -0.3 is 15.0 Å². The van der Waals surface area contributed by atoms with Gasteiger partial charge in [-0.2, -0.15) is 0 Å². The minimum Gasteiger partial charge on any atom is -0.497 e. The van der Waals surface area contributed by atoms with Crippen LogP contribution in [0.4, 0.5) is 0 Å². The summed E-state index contributed by atoms with van der Waals surface area (Å²) < 4.78 is 5.36. The minimum atomic E-state index is -0.499. The molecule has 0 aliphatic heterocycles. The molecule has 0 aromatic heterocycles. The molecule has 5 nitrogen and oxygen atoms in total. The van der Waals surface area contributed by atoms with Crippen molar-refractivity contribution in [2.45, 2.75) is 75.4 Å². The SMILES string of the molecule is CC[C@@H](C(=O)NC1CCCCC1)N(Cc1cccc(OC)c1)C(=O)CCSc1ccc(Cl)cc1. The first-order chi connectivity index (χ1) is 16.5. The molecule has 3 rings (SSSR count). The van der Waals surface area contributed by atoms with E-state index in [1.54, 1.807) is 23.8 Å². The fraction of sp³-hybridized carbons (Fsp3) is 0.481. The third-order valence-electron chi connectivity index (χ3n) is 6.22. The molecule has 1 fully saturated rings. The summed E-state index contributed by atoms with van der Waals surface area (Å²) >= 11 is 7.59. The number of methoxy groups -OCH3 is 1. The largest absolute Gasteiger partial charge is 0.497 e. The molecule has 184 valence electrons. The number of carbonyl (C=O) groups is 2. The van der Waals surface area contributed by atoms with Gasteiger partial charge in [-0.15, -0.1) is 11.8 Å². The van der Waals surface area contributed by atoms with Crippen LogP contribution in [0.5, 0.6) is 5.75 Å². The van der Waals surface area contributed by atoms with E-state index in [1.165, 1.54) is 6.42 Å². The van der Waals surface area contributed by atoms with Gasteiger partial charge in [-0.25, -0.2) is 0 Å². The average molecular weight is 503 g/mol. The predicted octanol–water partition coefficient (Wildman–Crippen LogP) is 6.09. The van der Waals surface area contributed by atoms with Crippen LogP contribution in [0.2, 0.25) is 5.02 Å². The summed E-state index contributed by atoms with van der Waals surface area (Å²) in [5.74, 6) is 1.31. The Morgan fingerprint density at radius 2 is 1.88 bits per heavy atom. The van der Waals surface area contributed by atoms with Gasteiger partial charge in [-0.05, 0) is 61.2 Å². The molecule has 1 atom stereocenters. The fourth-order valence-corrected chi connectivity index (χ4v) is 5.33. The maximum Gasteiger partial charge on any atom is 0.243 e. The Balaban J connectivity index is 1.71. The number of carbonyl (C=O) groups excluding carboxylic acids is 2. The van der Waals surface area contributed by atoms with Gasteiger partial charge in [-0.3, -0.25) is 9.59 Å². The first-order valence-corrected chi connectivity index (χ1v) is 13.5. The summed E-state index contributed by atoms with van der Waals surface area (Å²) in [6.45, 7) is 2.34. The van der Waals surface area contributed by atoms with Crippen LogP contribution in [-0.4, -0.2) is 41.7 Å². The van der Waals surface area contributed by atoms with E-state index in [9.17, 15) is 9.59 Å². The van der Waals surface area contributed by atoms with E-state index < -0.39 is 6.04 Å². The molecule has 0 spiro atoms. The lowest BCUT2D eigenvalue weighted by atomic mass is 9.95. The number of nitrogens with one attached hydrogen (secondary N) is 1. The third kappa shape index (κ3) is 7.95. The topological polar surface area (TPSA) is 58.6 Å². The fourth-order valence-electron chi connectivity index (χ4n) is 4.36. The number of halogens is 1. The summed E-state index contributed by atoms with van der Waals surface area (Å²) in [6, 6.07) is 15.0. The summed E-state index contributed by atoms with van der Waals surface area (Å²) in [7, 11) is 1.63. The van der Waals surface area contributed by atoms with Crippen molar-refractivity contribution in [2.75, 3.05) is 12.9 Å². The maximum atomic E-state index is 13.4. The highest BCUT2D eigenvalue weighted by atomic mass is 35.5. The van der Waals surface area contributed by atoms with Crippen molar-refractivity contribution in [2.24, 2.45) is 0 Å². The first kappa shape index (κ1) is 26.4. The first-order valence-electron chi connectivity index (χ1n) is 12.1. The zero-order chi connectivity index (χ0) is 24.3. The monoisotopic (exact) mass is 502 g/mol. The van der Waals surface area contributed by atoms with E-state index in [1.807, 2.05) is 55.5 Å². The highest BCUT2D eigenvalue weighted by Gasteiger charge is 2.30. The Labute approximate surface area is 212 Å². The Morgan fingerprint density at radius 1 is 1.15 bits per heavy atom. The molecule has 34 heavy (non-hydrogen) atoms. The van der Waals surface area contributed by atoms with Crippen LogP contribution in [0.1, 0.15) is 57.4 Å². The molecule has 1 N–H and O–H groups in total. The zero-order valence-electron chi connectivity index (χ0n) is 20.1. The second-order valence-corrected chi connectivity index (χ2v) is 10.3. The lowest BCUT2D eigenvalue weighted by Crippen LogP contribution is -2.51. The molecule has 1 aliphatic rings. The van der Waals surface area contributed by atoms with Gasteiger partial charge in [0.05, 0.1) is 7.11 Å². The molecule has 0 saturated heterocycles. The van der Waals surface area contributed by atoms with Gasteiger partial charge in [0, 0.05) is 34.7 Å². The number of hydrogen-bond acceptors (Lipinski definition) is 4. The van der Waals surface area contributed by atoms with Gasteiger partial charge >= 0.3 is 0 Å². The number of benzene rings is 2. The van der Waals surface area contributed by atoms with Crippen molar-refractivity contribution < 1.29 is 14.3 Å². The zero-order valence-corrected chi connectivity index (χ0v) is 21.7. The number of thioether (sulfide) groups is 1. The molecule has 2 aromatic rings. The summed E-state index contributed by atoms with van der Waals surface area (Å²) in [5.41, 5.74) is 0.946. The summed E-state index contributed by atoms with van der Waals surface area (Å²) in [6.07, 6.45) is 6.48. The van der Waals surface area contributed by atoms with E-state index in [0.717, 1.165) is 41.9 Å². The van der Waals surface area contributed by atoms with E-state index in [0.29, 0.717) is 30.2 Å². The van der Waals surface area contributed by atoms with Gasteiger partial charge in [0.2, 0.25) is 11.8 Å². The van der Waals surface area contributed by atoms with Gasteiger partial charge in [0.15, 0.2) is 0 Å². The molecule has 2 amide bonds. The lowest BCUT2D eigenvalue weighted by molar-refractivity contribution is -0.141. The Kier molecular flexibility index (Phi) is 10.6. The van der Waals surface area contributed by atoms with Crippen LogP contribution in [0.3, 0.4) is 0 Å². The molecular weight excluding hydrogens is 468 g/mol. The number of hydrogen-bond donors (Lipinski definition) is 1. The Morgan fingerprint density at radius 3 is 2.56 bits per heavy atom. The highest BCUT2D eigenvalue weighted by Crippen LogP contribution is 2.23. The van der Waals surface area contributed by atoms with Crippen molar-refractivity contribution >= 4 is 35.2 Å². The Hall–Kier alpha value is -2.18. The third-order valence-corrected chi connectivity index (χ3v) is 7.49. The standard InChI is InChI=1S/C27H35ClN2O3S/c1-3-25(27(32)29-22-9-5-4-6-10-22)30(19-20-8-7-11-23(18-20)33-2)26(31)16-17-34-24-14-12-21(28)13-15-24/h7-8,11-15,18,22,25H,3-6,9-10,16-17,19H2,1-2H3,(H,29,32)/t25-/m0/s1. The Bertz CT molecular complexity index is 932. The van der Waals surface area contributed by atoms with Crippen molar-refractivity contribution in [1.82, 2.24) is 10.2 Å². The van der Waals surface area contributed by atoms with Crippen molar-refractivity contribution in [3.8, 4) is 5.75 Å². The van der Waals surface area contributed by atoms with Crippen LogP contribution in [0, 0.1) is 0 Å². The molecule has 1 aliphatic carbocycles. The number of rotatable bonds is 11. The van der Waals surface area contributed by atoms with Crippen LogP contribution >= 0.6 is 23.4 Å². The lowest BCUT2D eigenvalue weighted by Gasteiger charge is -2.33. The predicted molar refractivity (Wildman–Crippen MR) is 139 cm³/mol. The number of amides is 2. The van der Waals surface area contributed by atoms with Gasteiger partial charge in [-0.1, -0.05) is 49.9 Å². The average Bonchev–Trinajstić information content (AvgIpc) is 2.85. The molecule has 0 radical (unpaired) electrons. The second-order valence-electron chi connectivity index (χ2n) is 8.69. The van der Waals surface area contributed by atoms with E-state index >= 15 is 0 Å². The van der Waals surface area contributed by atoms with Gasteiger partial charge in [0.1, 0.15) is 11.8 Å². The molecule has 0 unspecified atom stereocenters. The molecule has 1 saturated carbocycles. The second kappa shape index (κ2) is 13.6. The smallest absolute Gasteiger partial charge is 0.243 e. The van der Waals surface area contributed by atoms with Crippen LogP contribution in [0.25, 0.3) is 0 Å². The molecule has 0 bridgehead atoms. The summed E-state index contributed by atoms with van der Waals surface area (Å²) in [5, 5.41) is 3.92. The quantitative estimate of drug-likeness (QED) is 0.378.